The molecule has 1 aromatic heterocycles. The molecule has 1 saturated heterocycles. The van der Waals surface area contributed by atoms with E-state index in [1.165, 1.54) is 18.3 Å². The zero-order valence-corrected chi connectivity index (χ0v) is 10.8. The Morgan fingerprint density at radius 2 is 2.26 bits per heavy atom. The Morgan fingerprint density at radius 3 is 2.84 bits per heavy atom. The highest BCUT2D eigenvalue weighted by Crippen LogP contribution is 2.09. The van der Waals surface area contributed by atoms with Crippen LogP contribution in [0.2, 0.25) is 0 Å². The lowest BCUT2D eigenvalue weighted by Gasteiger charge is -2.30. The number of aromatic carboxylic acids is 1. The normalized spacial score (nSPS) is 19.9. The number of aromatic nitrogens is 1. The minimum atomic E-state index is -1.05. The van der Waals surface area contributed by atoms with E-state index in [9.17, 15) is 9.59 Å². The fourth-order valence-corrected chi connectivity index (χ4v) is 2.20. The first-order valence-corrected chi connectivity index (χ1v) is 6.25. The van der Waals surface area contributed by atoms with Crippen molar-refractivity contribution in [3.63, 3.8) is 0 Å². The summed E-state index contributed by atoms with van der Waals surface area (Å²) in [6.07, 6.45) is 3.22. The first-order valence-electron chi connectivity index (χ1n) is 6.25. The van der Waals surface area contributed by atoms with Crippen LogP contribution >= 0.6 is 0 Å². The molecule has 6 heteroatoms. The van der Waals surface area contributed by atoms with Gasteiger partial charge in [0.05, 0.1) is 5.56 Å². The van der Waals surface area contributed by atoms with Gasteiger partial charge in [-0.3, -0.25) is 9.78 Å². The maximum atomic E-state index is 12.0. The minimum Gasteiger partial charge on any atom is -0.478 e. The van der Waals surface area contributed by atoms with Crippen LogP contribution in [0.4, 0.5) is 0 Å². The highest BCUT2D eigenvalue weighted by molar-refractivity contribution is 5.93. The molecule has 1 aliphatic rings. The molecular formula is C13H17N3O3. The van der Waals surface area contributed by atoms with Crippen molar-refractivity contribution in [2.75, 3.05) is 20.1 Å². The third-order valence-electron chi connectivity index (χ3n) is 3.20. The van der Waals surface area contributed by atoms with E-state index in [4.69, 9.17) is 5.11 Å². The zero-order valence-electron chi connectivity index (χ0n) is 10.8. The van der Waals surface area contributed by atoms with E-state index in [1.54, 1.807) is 0 Å². The zero-order chi connectivity index (χ0) is 13.8. The van der Waals surface area contributed by atoms with E-state index >= 15 is 0 Å². The molecule has 0 bridgehead atoms. The Labute approximate surface area is 111 Å². The number of pyridine rings is 1. The van der Waals surface area contributed by atoms with Gasteiger partial charge in [-0.1, -0.05) is 0 Å². The number of carbonyl (C=O) groups is 2. The average molecular weight is 263 g/mol. The summed E-state index contributed by atoms with van der Waals surface area (Å²) in [4.78, 5) is 28.7. The highest BCUT2D eigenvalue weighted by Gasteiger charge is 2.20. The predicted octanol–water partition coefficient (Wildman–Crippen LogP) is 0.604. The summed E-state index contributed by atoms with van der Waals surface area (Å²) in [5.74, 6) is -1.30. The number of amides is 1. The molecular weight excluding hydrogens is 246 g/mol. The molecule has 0 spiro atoms. The summed E-state index contributed by atoms with van der Waals surface area (Å²) < 4.78 is 0. The van der Waals surface area contributed by atoms with Gasteiger partial charge in [-0.2, -0.15) is 0 Å². The van der Waals surface area contributed by atoms with E-state index in [0.29, 0.717) is 0 Å². The lowest BCUT2D eigenvalue weighted by Crippen LogP contribution is -2.46. The topological polar surface area (TPSA) is 82.5 Å². The molecule has 1 aliphatic heterocycles. The van der Waals surface area contributed by atoms with Crippen molar-refractivity contribution < 1.29 is 14.7 Å². The summed E-state index contributed by atoms with van der Waals surface area (Å²) in [6.45, 7) is 1.89. The fraction of sp³-hybridized carbons (Fsp3) is 0.462. The van der Waals surface area contributed by atoms with Crippen molar-refractivity contribution >= 4 is 11.9 Å². The number of likely N-dealkylation sites (tertiary alicyclic amines) is 1. The number of likely N-dealkylation sites (N-methyl/N-ethyl adjacent to an activating group) is 1. The van der Waals surface area contributed by atoms with Gasteiger partial charge in [0.15, 0.2) is 0 Å². The van der Waals surface area contributed by atoms with Crippen molar-refractivity contribution in [1.29, 1.82) is 0 Å². The maximum absolute atomic E-state index is 12.0. The Hall–Kier alpha value is -1.95. The summed E-state index contributed by atoms with van der Waals surface area (Å²) in [5.41, 5.74) is 0.326. The molecule has 1 atom stereocenters. The van der Waals surface area contributed by atoms with Crippen LogP contribution in [-0.2, 0) is 0 Å². The van der Waals surface area contributed by atoms with Crippen LogP contribution in [0.3, 0.4) is 0 Å². The predicted molar refractivity (Wildman–Crippen MR) is 69.2 cm³/mol. The number of carboxylic acids is 1. The molecule has 1 aromatic rings. The SMILES string of the molecule is CN1CCCC(NC(=O)c2ccc(C(=O)O)cn2)C1. The number of nitrogens with zero attached hydrogens (tertiary/aromatic N) is 2. The first-order chi connectivity index (χ1) is 9.06. The van der Waals surface area contributed by atoms with Gasteiger partial charge in [-0.05, 0) is 38.6 Å². The molecule has 1 fully saturated rings. The Morgan fingerprint density at radius 1 is 1.47 bits per heavy atom. The molecule has 0 radical (unpaired) electrons. The van der Waals surface area contributed by atoms with Crippen LogP contribution in [0, 0.1) is 0 Å². The second kappa shape index (κ2) is 5.79. The van der Waals surface area contributed by atoms with Gasteiger partial charge in [0.1, 0.15) is 5.69 Å². The number of hydrogen-bond acceptors (Lipinski definition) is 4. The van der Waals surface area contributed by atoms with Crippen molar-refractivity contribution in [3.8, 4) is 0 Å². The van der Waals surface area contributed by atoms with E-state index in [0.717, 1.165) is 25.9 Å². The average Bonchev–Trinajstić information content (AvgIpc) is 2.39. The Bertz CT molecular complexity index is 473. The van der Waals surface area contributed by atoms with Gasteiger partial charge in [-0.15, -0.1) is 0 Å². The fourth-order valence-electron chi connectivity index (χ4n) is 2.20. The number of carboxylic acid groups (broad SMARTS) is 1. The van der Waals surface area contributed by atoms with Gasteiger partial charge in [0.25, 0.3) is 5.91 Å². The summed E-state index contributed by atoms with van der Waals surface area (Å²) in [7, 11) is 2.03. The van der Waals surface area contributed by atoms with Crippen LogP contribution in [0.15, 0.2) is 18.3 Å². The van der Waals surface area contributed by atoms with E-state index < -0.39 is 5.97 Å². The number of nitrogens with one attached hydrogen (secondary N) is 1. The van der Waals surface area contributed by atoms with Gasteiger partial charge < -0.3 is 15.3 Å². The smallest absolute Gasteiger partial charge is 0.337 e. The summed E-state index contributed by atoms with van der Waals surface area (Å²) in [5, 5.41) is 11.7. The molecule has 102 valence electrons. The third-order valence-corrected chi connectivity index (χ3v) is 3.20. The lowest BCUT2D eigenvalue weighted by molar-refractivity contribution is 0.0695. The minimum absolute atomic E-state index is 0.0777. The maximum Gasteiger partial charge on any atom is 0.337 e. The van der Waals surface area contributed by atoms with E-state index in [-0.39, 0.29) is 23.2 Å². The van der Waals surface area contributed by atoms with Crippen LogP contribution in [0.5, 0.6) is 0 Å². The number of carbonyl (C=O) groups excluding carboxylic acids is 1. The van der Waals surface area contributed by atoms with Crippen LogP contribution in [0.1, 0.15) is 33.7 Å². The van der Waals surface area contributed by atoms with Crippen molar-refractivity contribution in [1.82, 2.24) is 15.2 Å². The largest absolute Gasteiger partial charge is 0.478 e. The quantitative estimate of drug-likeness (QED) is 0.834. The molecule has 1 amide bonds. The van der Waals surface area contributed by atoms with Crippen LogP contribution < -0.4 is 5.32 Å². The third kappa shape index (κ3) is 3.51. The van der Waals surface area contributed by atoms with Crippen molar-refractivity contribution in [3.05, 3.63) is 29.6 Å². The molecule has 2 rings (SSSR count). The van der Waals surface area contributed by atoms with Crippen LogP contribution in [-0.4, -0.2) is 53.0 Å². The Balaban J connectivity index is 1.97. The summed E-state index contributed by atoms with van der Waals surface area (Å²) >= 11 is 0. The molecule has 1 unspecified atom stereocenters. The second-order valence-corrected chi connectivity index (χ2v) is 4.81. The molecule has 0 aliphatic carbocycles. The van der Waals surface area contributed by atoms with E-state index in [2.05, 4.69) is 15.2 Å². The lowest BCUT2D eigenvalue weighted by atomic mass is 10.1. The monoisotopic (exact) mass is 263 g/mol. The molecule has 6 nitrogen and oxygen atoms in total. The van der Waals surface area contributed by atoms with E-state index in [1.807, 2.05) is 7.05 Å². The standard InChI is InChI=1S/C13H17N3O3/c1-16-6-2-3-10(8-16)15-12(17)11-5-4-9(7-14-11)13(18)19/h4-5,7,10H,2-3,6,8H2,1H3,(H,15,17)(H,18,19). The van der Waals surface area contributed by atoms with Crippen molar-refractivity contribution in [2.24, 2.45) is 0 Å². The molecule has 2 heterocycles. The molecule has 0 aromatic carbocycles. The van der Waals surface area contributed by atoms with Gasteiger partial charge in [-0.25, -0.2) is 4.79 Å². The molecule has 19 heavy (non-hydrogen) atoms. The summed E-state index contributed by atoms with van der Waals surface area (Å²) in [6, 6.07) is 2.95. The van der Waals surface area contributed by atoms with Crippen LogP contribution in [0.25, 0.3) is 0 Å². The van der Waals surface area contributed by atoms with Crippen molar-refractivity contribution in [2.45, 2.75) is 18.9 Å². The number of rotatable bonds is 3. The van der Waals surface area contributed by atoms with Gasteiger partial charge in [0.2, 0.25) is 0 Å². The Kier molecular flexibility index (Phi) is 4.11. The number of hydrogen-bond donors (Lipinski definition) is 2. The van der Waals surface area contributed by atoms with Gasteiger partial charge in [0, 0.05) is 18.8 Å². The second-order valence-electron chi connectivity index (χ2n) is 4.81. The first kappa shape index (κ1) is 13.5. The number of piperidine rings is 1. The van der Waals surface area contributed by atoms with Gasteiger partial charge >= 0.3 is 5.97 Å². The highest BCUT2D eigenvalue weighted by atomic mass is 16.4. The molecule has 0 saturated carbocycles. The molecule has 2 N–H and O–H groups in total.